The van der Waals surface area contributed by atoms with Crippen LogP contribution in [0.3, 0.4) is 0 Å². The van der Waals surface area contributed by atoms with Crippen LogP contribution in [-0.4, -0.2) is 5.91 Å². The minimum Gasteiger partial charge on any atom is -0.322 e. The highest BCUT2D eigenvalue weighted by molar-refractivity contribution is 9.10. The second kappa shape index (κ2) is 5.79. The summed E-state index contributed by atoms with van der Waals surface area (Å²) in [5, 5.41) is 2.59. The van der Waals surface area contributed by atoms with Crippen molar-refractivity contribution in [1.82, 2.24) is 0 Å². The standard InChI is InChI=1S/C13H7Br2F2NO/c14-9-5-7(1-3-11(9)16)13(19)18-8-2-4-12(17)10(15)6-8/h1-6H,(H,18,19). The summed E-state index contributed by atoms with van der Waals surface area (Å²) in [6.45, 7) is 0. The summed E-state index contributed by atoms with van der Waals surface area (Å²) in [6.07, 6.45) is 0. The highest BCUT2D eigenvalue weighted by Gasteiger charge is 2.09. The van der Waals surface area contributed by atoms with Crippen molar-refractivity contribution < 1.29 is 13.6 Å². The number of hydrogen-bond acceptors (Lipinski definition) is 1. The molecule has 0 saturated carbocycles. The number of hydrogen-bond donors (Lipinski definition) is 1. The van der Waals surface area contributed by atoms with E-state index in [0.717, 1.165) is 0 Å². The average molecular weight is 391 g/mol. The number of rotatable bonds is 2. The van der Waals surface area contributed by atoms with E-state index in [1.54, 1.807) is 0 Å². The Morgan fingerprint density at radius 2 is 1.53 bits per heavy atom. The fraction of sp³-hybridized carbons (Fsp3) is 0. The molecule has 19 heavy (non-hydrogen) atoms. The van der Waals surface area contributed by atoms with Gasteiger partial charge in [-0.25, -0.2) is 8.78 Å². The van der Waals surface area contributed by atoms with E-state index in [1.807, 2.05) is 0 Å². The molecule has 1 N–H and O–H groups in total. The molecule has 0 aliphatic heterocycles. The molecule has 6 heteroatoms. The molecule has 2 nitrogen and oxygen atoms in total. The molecule has 0 aliphatic carbocycles. The Morgan fingerprint density at radius 3 is 2.11 bits per heavy atom. The van der Waals surface area contributed by atoms with Gasteiger partial charge in [0.1, 0.15) is 11.6 Å². The fourth-order valence-electron chi connectivity index (χ4n) is 1.41. The largest absolute Gasteiger partial charge is 0.322 e. The van der Waals surface area contributed by atoms with Gasteiger partial charge in [-0.3, -0.25) is 4.79 Å². The number of nitrogens with one attached hydrogen (secondary N) is 1. The summed E-state index contributed by atoms with van der Waals surface area (Å²) in [6, 6.07) is 8.07. The van der Waals surface area contributed by atoms with Crippen LogP contribution >= 0.6 is 31.9 Å². The van der Waals surface area contributed by atoms with Crippen LogP contribution in [0.5, 0.6) is 0 Å². The van der Waals surface area contributed by atoms with E-state index in [9.17, 15) is 13.6 Å². The van der Waals surface area contributed by atoms with Gasteiger partial charge in [0.15, 0.2) is 0 Å². The van der Waals surface area contributed by atoms with Crippen molar-refractivity contribution in [1.29, 1.82) is 0 Å². The van der Waals surface area contributed by atoms with Gasteiger partial charge < -0.3 is 5.32 Å². The molecule has 0 bridgehead atoms. The first-order chi connectivity index (χ1) is 8.97. The van der Waals surface area contributed by atoms with Gasteiger partial charge in [0.25, 0.3) is 5.91 Å². The zero-order chi connectivity index (χ0) is 14.0. The van der Waals surface area contributed by atoms with Gasteiger partial charge in [0, 0.05) is 11.3 Å². The molecule has 1 amide bonds. The Labute approximate surface area is 125 Å². The van der Waals surface area contributed by atoms with Crippen molar-refractivity contribution in [2.24, 2.45) is 0 Å². The Bertz CT molecular complexity index is 647. The zero-order valence-electron chi connectivity index (χ0n) is 9.38. The normalized spacial score (nSPS) is 10.3. The van der Waals surface area contributed by atoms with Crippen LogP contribution in [0.25, 0.3) is 0 Å². The van der Waals surface area contributed by atoms with Gasteiger partial charge in [0.2, 0.25) is 0 Å². The van der Waals surface area contributed by atoms with Crippen molar-refractivity contribution in [2.45, 2.75) is 0 Å². The number of halogens is 4. The summed E-state index contributed by atoms with van der Waals surface area (Å²) >= 11 is 6.04. The monoisotopic (exact) mass is 389 g/mol. The molecular weight excluding hydrogens is 384 g/mol. The van der Waals surface area contributed by atoms with E-state index in [2.05, 4.69) is 37.2 Å². The van der Waals surface area contributed by atoms with Gasteiger partial charge in [-0.05, 0) is 68.3 Å². The first kappa shape index (κ1) is 14.1. The highest BCUT2D eigenvalue weighted by atomic mass is 79.9. The van der Waals surface area contributed by atoms with Crippen LogP contribution in [0.4, 0.5) is 14.5 Å². The molecule has 2 aromatic rings. The van der Waals surface area contributed by atoms with Crippen molar-refractivity contribution in [3.63, 3.8) is 0 Å². The van der Waals surface area contributed by atoms with E-state index in [4.69, 9.17) is 0 Å². The molecule has 0 atom stereocenters. The summed E-state index contributed by atoms with van der Waals surface area (Å²) in [5.41, 5.74) is 0.743. The predicted molar refractivity (Wildman–Crippen MR) is 76.2 cm³/mol. The Hall–Kier alpha value is -1.27. The lowest BCUT2D eigenvalue weighted by molar-refractivity contribution is 0.102. The van der Waals surface area contributed by atoms with Crippen molar-refractivity contribution in [2.75, 3.05) is 5.32 Å². The average Bonchev–Trinajstić information content (AvgIpc) is 2.37. The number of amides is 1. The van der Waals surface area contributed by atoms with E-state index in [0.29, 0.717) is 11.3 Å². The molecule has 0 fully saturated rings. The molecule has 0 unspecified atom stereocenters. The number of carbonyl (C=O) groups excluding carboxylic acids is 1. The van der Waals surface area contributed by atoms with Crippen LogP contribution in [-0.2, 0) is 0 Å². The maximum atomic E-state index is 13.1. The van der Waals surface area contributed by atoms with E-state index >= 15 is 0 Å². The number of benzene rings is 2. The van der Waals surface area contributed by atoms with E-state index in [-0.39, 0.29) is 8.95 Å². The molecule has 0 heterocycles. The second-order valence-electron chi connectivity index (χ2n) is 3.71. The SMILES string of the molecule is O=C(Nc1ccc(F)c(Br)c1)c1ccc(F)c(Br)c1. The Morgan fingerprint density at radius 1 is 0.947 bits per heavy atom. The predicted octanol–water partition coefficient (Wildman–Crippen LogP) is 4.74. The summed E-state index contributed by atoms with van der Waals surface area (Å²) in [5.74, 6) is -1.26. The lowest BCUT2D eigenvalue weighted by atomic mass is 10.2. The third-order valence-electron chi connectivity index (χ3n) is 2.36. The minimum atomic E-state index is -0.443. The molecule has 98 valence electrons. The van der Waals surface area contributed by atoms with Crippen molar-refractivity contribution in [3.8, 4) is 0 Å². The maximum absolute atomic E-state index is 13.1. The van der Waals surface area contributed by atoms with Crippen LogP contribution in [0, 0.1) is 11.6 Å². The molecule has 0 saturated heterocycles. The molecule has 2 rings (SSSR count). The maximum Gasteiger partial charge on any atom is 0.255 e. The quantitative estimate of drug-likeness (QED) is 0.788. The lowest BCUT2D eigenvalue weighted by Crippen LogP contribution is -2.12. The molecule has 0 spiro atoms. The van der Waals surface area contributed by atoms with Crippen molar-refractivity contribution >= 4 is 43.5 Å². The summed E-state index contributed by atoms with van der Waals surface area (Å²) in [7, 11) is 0. The van der Waals surface area contributed by atoms with Crippen LogP contribution < -0.4 is 5.32 Å². The Balaban J connectivity index is 2.20. The van der Waals surface area contributed by atoms with Crippen molar-refractivity contribution in [3.05, 3.63) is 62.5 Å². The highest BCUT2D eigenvalue weighted by Crippen LogP contribution is 2.21. The van der Waals surface area contributed by atoms with Gasteiger partial charge in [-0.15, -0.1) is 0 Å². The second-order valence-corrected chi connectivity index (χ2v) is 5.42. The minimum absolute atomic E-state index is 0.209. The number of carbonyl (C=O) groups is 1. The van der Waals surface area contributed by atoms with Gasteiger partial charge in [0.05, 0.1) is 8.95 Å². The molecule has 0 aromatic heterocycles. The van der Waals surface area contributed by atoms with E-state index < -0.39 is 17.5 Å². The lowest BCUT2D eigenvalue weighted by Gasteiger charge is -2.06. The number of anilines is 1. The third kappa shape index (κ3) is 3.39. The van der Waals surface area contributed by atoms with Gasteiger partial charge in [-0.1, -0.05) is 0 Å². The molecule has 2 aromatic carbocycles. The van der Waals surface area contributed by atoms with Gasteiger partial charge >= 0.3 is 0 Å². The van der Waals surface area contributed by atoms with E-state index in [1.165, 1.54) is 36.4 Å². The first-order valence-electron chi connectivity index (χ1n) is 5.19. The first-order valence-corrected chi connectivity index (χ1v) is 6.77. The third-order valence-corrected chi connectivity index (χ3v) is 3.57. The summed E-state index contributed by atoms with van der Waals surface area (Å²) < 4.78 is 26.6. The molecule has 0 radical (unpaired) electrons. The smallest absolute Gasteiger partial charge is 0.255 e. The van der Waals surface area contributed by atoms with Crippen LogP contribution in [0.2, 0.25) is 0 Å². The van der Waals surface area contributed by atoms with Gasteiger partial charge in [-0.2, -0.15) is 0 Å². The fourth-order valence-corrected chi connectivity index (χ4v) is 2.17. The molecular formula is C13H7Br2F2NO. The Kier molecular flexibility index (Phi) is 4.31. The van der Waals surface area contributed by atoms with Crippen LogP contribution in [0.15, 0.2) is 45.3 Å². The van der Waals surface area contributed by atoms with Crippen LogP contribution in [0.1, 0.15) is 10.4 Å². The topological polar surface area (TPSA) is 29.1 Å². The molecule has 0 aliphatic rings. The summed E-state index contributed by atoms with van der Waals surface area (Å²) in [4.78, 5) is 11.9. The zero-order valence-corrected chi connectivity index (χ0v) is 12.6.